The summed E-state index contributed by atoms with van der Waals surface area (Å²) in [6.45, 7) is 13.3. The number of nitrogens with one attached hydrogen (secondary N) is 2. The number of fused-ring (bicyclic) bond motifs is 6. The van der Waals surface area contributed by atoms with Crippen LogP contribution < -0.4 is 55.2 Å². The largest absolute Gasteiger partial charge is 2.00 e. The number of aromatic nitrogens is 4. The van der Waals surface area contributed by atoms with Gasteiger partial charge in [0, 0.05) is 86.6 Å². The van der Waals surface area contributed by atoms with Crippen LogP contribution in [0.1, 0.15) is 161 Å². The molecule has 1 fully saturated rings. The maximum atomic E-state index is 12.0. The van der Waals surface area contributed by atoms with Crippen LogP contribution in [0.5, 0.6) is 5.75 Å². The second kappa shape index (κ2) is 51.1. The quantitative estimate of drug-likeness (QED) is 0.0406. The van der Waals surface area contributed by atoms with E-state index in [-0.39, 0.29) is 162 Å². The molecule has 3 spiro atoms. The first-order chi connectivity index (χ1) is 56.2. The molecule has 10 unspecified atom stereocenters. The molecule has 8 aromatic rings. The number of carbonyl (C=O) groups excluding carboxylic acids is 3. The molecule has 0 saturated carbocycles. The zero-order chi connectivity index (χ0) is 85.4. The van der Waals surface area contributed by atoms with E-state index in [1.54, 1.807) is 39.0 Å². The van der Waals surface area contributed by atoms with Gasteiger partial charge in [0.15, 0.2) is 0 Å². The molecule has 17 rings (SSSR count). The summed E-state index contributed by atoms with van der Waals surface area (Å²) in [5.74, 6) is 0.417. The molecule has 2 amide bonds. The third kappa shape index (κ3) is 29.5. The number of alkyl carbamates (subject to hydrolysis) is 2. The average Bonchev–Trinajstić information content (AvgIpc) is 1.66. The molecule has 1 saturated heterocycles. The third-order valence-electron chi connectivity index (χ3n) is 23.3. The number of aldehydes is 1. The molecule has 10 atom stereocenters. The van der Waals surface area contributed by atoms with Gasteiger partial charge in [-0.1, -0.05) is 166 Å². The van der Waals surface area contributed by atoms with Crippen LogP contribution in [-0.2, 0) is 101 Å². The number of rotatable bonds is 7. The number of halogens is 7. The molecule has 665 valence electrons. The van der Waals surface area contributed by atoms with E-state index in [0.717, 1.165) is 134 Å². The SMILES string of the molecule is C.CC(C)(C)OC(=O)NC1(C=O)CCc2c(Br)cccc2C1.CC(O)C1(N)CCc2c(Br)cccc2C1.CC1OC(=O)NC12CCc1c(Br)cccc1C2.CC1OC(N)=NC12CCc1c(Br)cccc1C2.CC1OC(N)=NC12CCc1c(cccc1-c1cncnc1)C2.N#CBr.NC1(CO)CCc2c(Br)cccc2C1.O[B]Oc1cncnc1.[Ba+2].[Br-].[CH3-].[Mg+2].[OH-].[OH-]. The first kappa shape index (κ1) is 114. The van der Waals surface area contributed by atoms with Gasteiger partial charge in [-0.15, -0.1) is 0 Å². The van der Waals surface area contributed by atoms with Crippen molar-refractivity contribution >= 4 is 206 Å². The van der Waals surface area contributed by atoms with Crippen molar-refractivity contribution in [2.45, 2.75) is 235 Å². The molecule has 2 aromatic heterocycles. The summed E-state index contributed by atoms with van der Waals surface area (Å²) >= 11 is 20.3. The van der Waals surface area contributed by atoms with Gasteiger partial charge in [-0.2, -0.15) is 5.26 Å². The van der Waals surface area contributed by atoms with E-state index < -0.39 is 34.4 Å². The van der Waals surface area contributed by atoms with Crippen molar-refractivity contribution in [3.05, 3.63) is 243 Å². The van der Waals surface area contributed by atoms with Gasteiger partial charge in [0.25, 0.3) is 12.0 Å². The van der Waals surface area contributed by atoms with Gasteiger partial charge in [-0.3, -0.25) is 0 Å². The van der Waals surface area contributed by atoms with Gasteiger partial charge < -0.3 is 113 Å². The summed E-state index contributed by atoms with van der Waals surface area (Å²) in [6.07, 6.45) is 24.6. The van der Waals surface area contributed by atoms with Crippen LogP contribution in [0.25, 0.3) is 11.1 Å². The van der Waals surface area contributed by atoms with Crippen molar-refractivity contribution in [3.8, 4) is 21.9 Å². The smallest absolute Gasteiger partial charge is 1.00 e. The molecule has 1 radical (unpaired) electrons. The number of amidine groups is 2. The summed E-state index contributed by atoms with van der Waals surface area (Å²) in [5, 5.41) is 40.0. The summed E-state index contributed by atoms with van der Waals surface area (Å²) in [5.41, 5.74) is 38.8. The van der Waals surface area contributed by atoms with Crippen molar-refractivity contribution < 1.29 is 81.2 Å². The van der Waals surface area contributed by atoms with Crippen LogP contribution in [0.15, 0.2) is 179 Å². The van der Waals surface area contributed by atoms with Gasteiger partial charge in [0.05, 0.1) is 30.6 Å². The number of aliphatic hydroxyl groups is 2. The number of hydrogen-bond donors (Lipinski definition) is 9. The molecule has 36 heteroatoms. The predicted octanol–water partition coefficient (Wildman–Crippen LogP) is 11.6. The molecule has 15 N–H and O–H groups in total. The molecule has 5 heterocycles. The van der Waals surface area contributed by atoms with Crippen LogP contribution in [0.2, 0.25) is 0 Å². The molecule has 3 aliphatic heterocycles. The number of hydrogen-bond acceptors (Lipinski definition) is 24. The fourth-order valence-corrected chi connectivity index (χ4v) is 19.6. The maximum absolute atomic E-state index is 12.0. The minimum absolute atomic E-state index is 0. The van der Waals surface area contributed by atoms with E-state index in [0.29, 0.717) is 38.3 Å². The molecule has 6 aliphatic carbocycles. The number of ether oxygens (including phenoxy) is 4. The average molecular weight is 2300 g/mol. The normalized spacial score (nSPS) is 23.5. The number of benzene rings is 6. The first-order valence-electron chi connectivity index (χ1n) is 39.1. The predicted molar refractivity (Wildman–Crippen MR) is 506 cm³/mol. The number of nitriles is 1. The summed E-state index contributed by atoms with van der Waals surface area (Å²) in [7, 11) is 0.582. The zero-order valence-electron chi connectivity index (χ0n) is 70.8. The van der Waals surface area contributed by atoms with E-state index >= 15 is 0 Å². The number of nitrogens with two attached hydrogens (primary N) is 4. The summed E-state index contributed by atoms with van der Waals surface area (Å²) in [4.78, 5) is 61.2. The Morgan fingerprint density at radius 1 is 0.624 bits per heavy atom. The molecule has 0 bridgehead atoms. The number of aliphatic hydroxyl groups excluding tert-OH is 2. The molecular formula is C89H110BBaBr7MgN13O13. The van der Waals surface area contributed by atoms with Gasteiger partial charge in [0.1, 0.15) is 70.2 Å². The Labute approximate surface area is 852 Å². The molecule has 125 heavy (non-hydrogen) atoms. The Morgan fingerprint density at radius 3 is 1.42 bits per heavy atom. The van der Waals surface area contributed by atoms with Gasteiger partial charge in [0.2, 0.25) is 0 Å². The van der Waals surface area contributed by atoms with E-state index in [9.17, 15) is 24.6 Å². The van der Waals surface area contributed by atoms with Crippen LogP contribution in [0.4, 0.5) is 9.59 Å². The Hall–Kier alpha value is -5.00. The van der Waals surface area contributed by atoms with Crippen molar-refractivity contribution in [1.82, 2.24) is 30.6 Å². The number of amides is 2. The molecule has 9 aliphatic rings. The molecular weight excluding hydrogens is 2190 g/mol. The Bertz CT molecular complexity index is 4990. The van der Waals surface area contributed by atoms with E-state index in [1.165, 1.54) is 94.4 Å². The fraction of sp³-hybridized carbons (Fsp3) is 0.427. The summed E-state index contributed by atoms with van der Waals surface area (Å²) < 4.78 is 31.9. The van der Waals surface area contributed by atoms with E-state index in [1.807, 2.05) is 55.7 Å². The topological polar surface area (TPSA) is 446 Å². The maximum Gasteiger partial charge on any atom is 2.00 e. The van der Waals surface area contributed by atoms with Crippen LogP contribution >= 0.6 is 95.6 Å². The standard InChI is InChI=1S/C17H18N4O.C16H20BrNO3.C13H15BrN2O.C13H14BrNO2.C12H16BrNO.C11H14BrNO.C4H4BN2O2.CBrN.CH4.CH3.Ba.BrH.Mg.2H2O/c1-11-17(21-16(18)22-11)6-5-15-12(7-17)3-2-4-14(15)13-8-19-10-20-9-13;1-15(2,3)21-14(20)18-16(10-19)8-7-12-11(9-16)5-4-6-13(12)17;1-8-13(16-12(15)17-8)6-5-10-9(7-13)3-2-4-11(10)14;1-8-13(15-12(16)17-8)6-5-10-9(7-13)3-2-4-11(10)14;1-8(15)12(14)6-5-10-9(7-12)3-2-4-11(10)13;12-10-3-1-2-8-6-11(13,7-14)5-4-9(8)10;8-5-9-4-1-6-3-7-2-4;2-1-3;;;;;;;/h2-4,8-11H,5-7H2,1H3,(H2,18,21);4-6,10H,7-9H2,1-3H3,(H,18,20);2-4,8H,5-7H2,1H3,(H2,15,16);2-4,8H,5-7H2,1H3,(H,15,16);2-4,8,15H,5-7,14H2,1H3;1-3,14H,4-7,13H2;1-3,8H;;1H4;1H3;;1H;;2*1H2/q;;;;;;;;;-1;+2;;+2;;/p-3. The minimum Gasteiger partial charge on any atom is -1.00 e. The monoisotopic (exact) mass is 2290 g/mol. The third-order valence-corrected chi connectivity index (χ3v) is 27.0. The Morgan fingerprint density at radius 2 is 1.01 bits per heavy atom. The van der Waals surface area contributed by atoms with E-state index in [2.05, 4.69) is 227 Å². The van der Waals surface area contributed by atoms with Crippen molar-refractivity contribution in [3.63, 3.8) is 0 Å². The number of cyclic esters (lactones) is 1. The number of nitrogens with zero attached hydrogens (tertiary/aromatic N) is 7. The number of aliphatic imine (C=N–C) groups is 2. The second-order valence-electron chi connectivity index (χ2n) is 32.2. The zero-order valence-corrected chi connectivity index (χ0v) is 87.7. The van der Waals surface area contributed by atoms with Gasteiger partial charge >= 0.3 is 91.8 Å². The van der Waals surface area contributed by atoms with Crippen molar-refractivity contribution in [1.29, 1.82) is 5.26 Å². The van der Waals surface area contributed by atoms with Crippen LogP contribution in [0, 0.1) is 17.7 Å². The van der Waals surface area contributed by atoms with Gasteiger partial charge in [-0.05, 0) is 247 Å². The van der Waals surface area contributed by atoms with Gasteiger partial charge in [-0.25, -0.2) is 39.5 Å². The van der Waals surface area contributed by atoms with Crippen LogP contribution in [0.3, 0.4) is 0 Å². The second-order valence-corrected chi connectivity index (χ2v) is 36.8. The number of carbonyl (C=O) groups is 3. The first-order valence-corrected chi connectivity index (χ1v) is 43.8. The van der Waals surface area contributed by atoms with E-state index in [4.69, 9.17) is 52.2 Å². The minimum atomic E-state index is -0.879. The molecule has 26 nitrogen and oxygen atoms in total. The van der Waals surface area contributed by atoms with Crippen molar-refractivity contribution in [2.24, 2.45) is 32.9 Å². The Kier molecular flexibility index (Phi) is 46.7. The fourth-order valence-electron chi connectivity index (χ4n) is 16.6. The Balaban J connectivity index is 0.000000375. The van der Waals surface area contributed by atoms with Crippen molar-refractivity contribution in [2.75, 3.05) is 6.61 Å². The van der Waals surface area contributed by atoms with Crippen LogP contribution in [-0.4, -0.2) is 226 Å². The molecule has 6 aromatic carbocycles. The summed E-state index contributed by atoms with van der Waals surface area (Å²) in [6, 6.07) is 38.0.